The summed E-state index contributed by atoms with van der Waals surface area (Å²) in [6, 6.07) is 13.1. The fourth-order valence-electron chi connectivity index (χ4n) is 2.31. The van der Waals surface area contributed by atoms with Crippen molar-refractivity contribution in [2.45, 2.75) is 26.3 Å². The van der Waals surface area contributed by atoms with E-state index in [2.05, 4.69) is 5.32 Å². The average molecular weight is 292 g/mol. The van der Waals surface area contributed by atoms with Crippen LogP contribution in [-0.4, -0.2) is 6.54 Å². The molecule has 0 fully saturated rings. The Hall–Kier alpha value is -1.38. The number of halogens is 2. The first-order chi connectivity index (χ1) is 9.60. The molecule has 2 rings (SSSR count). The normalized spacial score (nSPS) is 12.4. The zero-order chi connectivity index (χ0) is 14.5. The van der Waals surface area contributed by atoms with Crippen LogP contribution in [0.1, 0.15) is 29.7 Å². The lowest BCUT2D eigenvalue weighted by Gasteiger charge is -2.19. The predicted molar refractivity (Wildman–Crippen MR) is 82.7 cm³/mol. The van der Waals surface area contributed by atoms with Gasteiger partial charge in [-0.15, -0.1) is 0 Å². The van der Waals surface area contributed by atoms with Crippen LogP contribution in [0.25, 0.3) is 0 Å². The molecule has 0 amide bonds. The molecule has 1 N–H and O–H groups in total. The van der Waals surface area contributed by atoms with Gasteiger partial charge in [-0.3, -0.25) is 0 Å². The lowest BCUT2D eigenvalue weighted by molar-refractivity contribution is 0.509. The highest BCUT2D eigenvalue weighted by atomic mass is 35.5. The maximum atomic E-state index is 14.1. The predicted octanol–water partition coefficient (Wildman–Crippen LogP) is 4.68. The summed E-state index contributed by atoms with van der Waals surface area (Å²) in [7, 11) is 0. The fraction of sp³-hybridized carbons (Fsp3) is 0.294. The molecule has 2 aromatic carbocycles. The summed E-state index contributed by atoms with van der Waals surface area (Å²) in [5.74, 6) is -0.148. The second-order valence-corrected chi connectivity index (χ2v) is 5.40. The first-order valence-corrected chi connectivity index (χ1v) is 7.22. The molecule has 0 radical (unpaired) electrons. The summed E-state index contributed by atoms with van der Waals surface area (Å²) in [5, 5.41) is 4.07. The van der Waals surface area contributed by atoms with Gasteiger partial charge in [0.2, 0.25) is 0 Å². The second-order valence-electron chi connectivity index (χ2n) is 4.97. The van der Waals surface area contributed by atoms with Gasteiger partial charge in [-0.1, -0.05) is 42.8 Å². The minimum absolute atomic E-state index is 0.0261. The minimum Gasteiger partial charge on any atom is -0.310 e. The van der Waals surface area contributed by atoms with Crippen molar-refractivity contribution in [2.75, 3.05) is 6.54 Å². The highest BCUT2D eigenvalue weighted by Gasteiger charge is 2.15. The number of benzene rings is 2. The van der Waals surface area contributed by atoms with E-state index in [1.165, 1.54) is 0 Å². The Bertz CT molecular complexity index is 566. The van der Waals surface area contributed by atoms with E-state index in [1.54, 1.807) is 6.07 Å². The Morgan fingerprint density at radius 1 is 1.15 bits per heavy atom. The second kappa shape index (κ2) is 6.87. The molecule has 0 spiro atoms. The summed E-state index contributed by atoms with van der Waals surface area (Å²) in [6.07, 6.45) is 0.741. The molecule has 0 aromatic heterocycles. The number of likely N-dealkylation sites (N-methyl/N-ethyl adjacent to an activating group) is 1. The maximum Gasteiger partial charge on any atom is 0.128 e. The monoisotopic (exact) mass is 291 g/mol. The lowest BCUT2D eigenvalue weighted by atomic mass is 9.97. The van der Waals surface area contributed by atoms with Gasteiger partial charge in [0.05, 0.1) is 0 Å². The smallest absolute Gasteiger partial charge is 0.128 e. The van der Waals surface area contributed by atoms with Crippen molar-refractivity contribution in [1.29, 1.82) is 0 Å². The van der Waals surface area contributed by atoms with Gasteiger partial charge in [-0.2, -0.15) is 0 Å². The highest BCUT2D eigenvalue weighted by molar-refractivity contribution is 6.30. The number of rotatable bonds is 5. The van der Waals surface area contributed by atoms with Gasteiger partial charge in [0.1, 0.15) is 5.82 Å². The molecule has 20 heavy (non-hydrogen) atoms. The third-order valence-corrected chi connectivity index (χ3v) is 3.59. The van der Waals surface area contributed by atoms with Crippen LogP contribution >= 0.6 is 11.6 Å². The SMILES string of the molecule is CCNC(Cc1ccc(Cl)cc1)c1ccc(C)cc1F. The molecule has 0 heterocycles. The molecule has 0 aliphatic rings. The summed E-state index contributed by atoms with van der Waals surface area (Å²) < 4.78 is 14.1. The third kappa shape index (κ3) is 3.81. The van der Waals surface area contributed by atoms with Gasteiger partial charge in [-0.05, 0) is 49.2 Å². The first-order valence-electron chi connectivity index (χ1n) is 6.84. The van der Waals surface area contributed by atoms with Gasteiger partial charge in [0.15, 0.2) is 0 Å². The van der Waals surface area contributed by atoms with Crippen molar-refractivity contribution in [2.24, 2.45) is 0 Å². The van der Waals surface area contributed by atoms with Crippen LogP contribution in [0.4, 0.5) is 4.39 Å². The zero-order valence-corrected chi connectivity index (χ0v) is 12.5. The van der Waals surface area contributed by atoms with Crippen molar-refractivity contribution >= 4 is 11.6 Å². The fourth-order valence-corrected chi connectivity index (χ4v) is 2.44. The van der Waals surface area contributed by atoms with E-state index in [0.717, 1.165) is 29.1 Å². The number of hydrogen-bond donors (Lipinski definition) is 1. The lowest BCUT2D eigenvalue weighted by Crippen LogP contribution is -2.24. The molecule has 0 saturated carbocycles. The molecule has 2 aromatic rings. The van der Waals surface area contributed by atoms with Gasteiger partial charge in [0, 0.05) is 16.6 Å². The van der Waals surface area contributed by atoms with Crippen molar-refractivity contribution < 1.29 is 4.39 Å². The molecule has 0 saturated heterocycles. The summed E-state index contributed by atoms with van der Waals surface area (Å²) in [6.45, 7) is 4.72. The van der Waals surface area contributed by atoms with E-state index in [1.807, 2.05) is 50.2 Å². The van der Waals surface area contributed by atoms with E-state index < -0.39 is 0 Å². The summed E-state index contributed by atoms with van der Waals surface area (Å²) >= 11 is 5.89. The van der Waals surface area contributed by atoms with Crippen LogP contribution in [0.5, 0.6) is 0 Å². The molecular formula is C17H19ClFN. The zero-order valence-electron chi connectivity index (χ0n) is 11.8. The molecule has 3 heteroatoms. The molecule has 1 nitrogen and oxygen atoms in total. The number of aryl methyl sites for hydroxylation is 1. The van der Waals surface area contributed by atoms with Crippen LogP contribution in [0.2, 0.25) is 5.02 Å². The van der Waals surface area contributed by atoms with Crippen LogP contribution in [0.3, 0.4) is 0 Å². The molecule has 0 aliphatic heterocycles. The summed E-state index contributed by atoms with van der Waals surface area (Å²) in [5.41, 5.74) is 2.79. The van der Waals surface area contributed by atoms with Crippen molar-refractivity contribution in [3.05, 3.63) is 70.0 Å². The van der Waals surface area contributed by atoms with Crippen molar-refractivity contribution in [1.82, 2.24) is 5.32 Å². The first kappa shape index (κ1) is 15.0. The largest absolute Gasteiger partial charge is 0.310 e. The standard InChI is InChI=1S/C17H19ClFN/c1-3-20-17(11-13-5-7-14(18)8-6-13)15-9-4-12(2)10-16(15)19/h4-10,17,20H,3,11H2,1-2H3. The molecule has 1 atom stereocenters. The van der Waals surface area contributed by atoms with Gasteiger partial charge >= 0.3 is 0 Å². The van der Waals surface area contributed by atoms with Gasteiger partial charge in [-0.25, -0.2) is 4.39 Å². The van der Waals surface area contributed by atoms with E-state index >= 15 is 0 Å². The van der Waals surface area contributed by atoms with Gasteiger partial charge in [0.25, 0.3) is 0 Å². The molecule has 1 unspecified atom stereocenters. The Kier molecular flexibility index (Phi) is 5.16. The molecular weight excluding hydrogens is 273 g/mol. The quantitative estimate of drug-likeness (QED) is 0.843. The Labute approximate surface area is 124 Å². The number of nitrogens with one attached hydrogen (secondary N) is 1. The number of hydrogen-bond acceptors (Lipinski definition) is 1. The highest BCUT2D eigenvalue weighted by Crippen LogP contribution is 2.23. The Morgan fingerprint density at radius 2 is 1.85 bits per heavy atom. The van der Waals surface area contributed by atoms with Crippen LogP contribution in [0, 0.1) is 12.7 Å². The Morgan fingerprint density at radius 3 is 2.45 bits per heavy atom. The van der Waals surface area contributed by atoms with Gasteiger partial charge < -0.3 is 5.32 Å². The average Bonchev–Trinajstić information content (AvgIpc) is 2.41. The van der Waals surface area contributed by atoms with Crippen LogP contribution in [0.15, 0.2) is 42.5 Å². The maximum absolute atomic E-state index is 14.1. The topological polar surface area (TPSA) is 12.0 Å². The third-order valence-electron chi connectivity index (χ3n) is 3.33. The van der Waals surface area contributed by atoms with Crippen molar-refractivity contribution in [3.63, 3.8) is 0 Å². The molecule has 0 aliphatic carbocycles. The molecule has 106 valence electrons. The van der Waals surface area contributed by atoms with Crippen LogP contribution < -0.4 is 5.32 Å². The van der Waals surface area contributed by atoms with E-state index in [4.69, 9.17) is 11.6 Å². The molecule has 0 bridgehead atoms. The Balaban J connectivity index is 2.24. The van der Waals surface area contributed by atoms with Crippen molar-refractivity contribution in [3.8, 4) is 0 Å². The minimum atomic E-state index is -0.148. The van der Waals surface area contributed by atoms with Crippen LogP contribution in [-0.2, 0) is 6.42 Å². The van der Waals surface area contributed by atoms with E-state index in [9.17, 15) is 4.39 Å². The van der Waals surface area contributed by atoms with E-state index in [0.29, 0.717) is 5.56 Å². The summed E-state index contributed by atoms with van der Waals surface area (Å²) in [4.78, 5) is 0. The van der Waals surface area contributed by atoms with E-state index in [-0.39, 0.29) is 11.9 Å².